The van der Waals surface area contributed by atoms with Crippen molar-refractivity contribution >= 4 is 54.2 Å². The van der Waals surface area contributed by atoms with Gasteiger partial charge in [0.15, 0.2) is 15.0 Å². The maximum absolute atomic E-state index is 12.6. The van der Waals surface area contributed by atoms with Gasteiger partial charge in [-0.1, -0.05) is 35.6 Å². The van der Waals surface area contributed by atoms with E-state index in [0.29, 0.717) is 38.1 Å². The highest BCUT2D eigenvalue weighted by molar-refractivity contribution is 7.99. The van der Waals surface area contributed by atoms with E-state index in [0.717, 1.165) is 22.0 Å². The van der Waals surface area contributed by atoms with E-state index in [1.807, 2.05) is 29.2 Å². The van der Waals surface area contributed by atoms with E-state index in [4.69, 9.17) is 0 Å². The quantitative estimate of drug-likeness (QED) is 0.381. The second-order valence-electron chi connectivity index (χ2n) is 7.50. The van der Waals surface area contributed by atoms with Gasteiger partial charge in [-0.2, -0.15) is 0 Å². The summed E-state index contributed by atoms with van der Waals surface area (Å²) in [5.74, 6) is 1.14. The number of amides is 1. The molecule has 2 heterocycles. The fourth-order valence-electron chi connectivity index (χ4n) is 3.58. The molecule has 2 aromatic carbocycles. The van der Waals surface area contributed by atoms with Gasteiger partial charge in [0, 0.05) is 43.8 Å². The van der Waals surface area contributed by atoms with Crippen LogP contribution in [0, 0.1) is 0 Å². The number of anilines is 1. The zero-order valence-corrected chi connectivity index (χ0v) is 19.8. The van der Waals surface area contributed by atoms with E-state index in [9.17, 15) is 13.2 Å². The molecule has 0 aliphatic carbocycles. The number of benzene rings is 2. The number of thioether (sulfide) groups is 1. The van der Waals surface area contributed by atoms with Crippen LogP contribution < -0.4 is 4.90 Å². The molecule has 0 N–H and O–H groups in total. The lowest BCUT2D eigenvalue weighted by Crippen LogP contribution is -2.48. The molecule has 164 valence electrons. The average Bonchev–Trinajstić information content (AvgIpc) is 3.21. The molecule has 0 bridgehead atoms. The van der Waals surface area contributed by atoms with Crippen LogP contribution >= 0.6 is 23.1 Å². The van der Waals surface area contributed by atoms with Crippen LogP contribution in [0.3, 0.4) is 0 Å². The number of piperazine rings is 1. The molecule has 1 fully saturated rings. The standard InChI is InChI=1S/C22H25N3O3S3/c1-31(27,28)19-10-5-9-18-21(19)23-22(30-18)25-14-12-24(13-15-25)20(26)11-6-16-29-17-7-3-2-4-8-17/h2-5,7-10H,6,11-16H2,1H3. The molecule has 4 rings (SSSR count). The maximum Gasteiger partial charge on any atom is 0.222 e. The number of sulfone groups is 1. The summed E-state index contributed by atoms with van der Waals surface area (Å²) in [6, 6.07) is 15.5. The van der Waals surface area contributed by atoms with Gasteiger partial charge < -0.3 is 9.80 Å². The number of hydrogen-bond acceptors (Lipinski definition) is 7. The highest BCUT2D eigenvalue weighted by Crippen LogP contribution is 2.33. The lowest BCUT2D eigenvalue weighted by atomic mass is 10.2. The fourth-order valence-corrected chi connectivity index (χ4v) is 6.40. The molecule has 0 spiro atoms. The van der Waals surface area contributed by atoms with Gasteiger partial charge in [-0.15, -0.1) is 11.8 Å². The van der Waals surface area contributed by atoms with Crippen molar-refractivity contribution in [1.82, 2.24) is 9.88 Å². The largest absolute Gasteiger partial charge is 0.345 e. The third-order valence-electron chi connectivity index (χ3n) is 5.22. The first kappa shape index (κ1) is 22.1. The first-order valence-corrected chi connectivity index (χ1v) is 13.9. The molecule has 31 heavy (non-hydrogen) atoms. The molecule has 1 amide bonds. The van der Waals surface area contributed by atoms with Crippen LogP contribution in [-0.2, 0) is 14.6 Å². The molecule has 1 saturated heterocycles. The van der Waals surface area contributed by atoms with Crippen LogP contribution in [0.1, 0.15) is 12.8 Å². The summed E-state index contributed by atoms with van der Waals surface area (Å²) in [4.78, 5) is 22.8. The second-order valence-corrected chi connectivity index (χ2v) is 11.7. The third-order valence-corrected chi connectivity index (χ3v) is 8.53. The molecule has 1 aliphatic rings. The molecule has 3 aromatic rings. The molecule has 0 unspecified atom stereocenters. The summed E-state index contributed by atoms with van der Waals surface area (Å²) in [5, 5.41) is 0.817. The Hall–Kier alpha value is -2.10. The van der Waals surface area contributed by atoms with Gasteiger partial charge in [-0.3, -0.25) is 4.79 Å². The smallest absolute Gasteiger partial charge is 0.222 e. The Labute approximate surface area is 191 Å². The predicted octanol–water partition coefficient (Wildman–Crippen LogP) is 3.92. The second kappa shape index (κ2) is 9.58. The summed E-state index contributed by atoms with van der Waals surface area (Å²) < 4.78 is 25.0. The number of thiazole rings is 1. The Balaban J connectivity index is 1.30. The van der Waals surface area contributed by atoms with Gasteiger partial charge in [0.2, 0.25) is 5.91 Å². The minimum Gasteiger partial charge on any atom is -0.345 e. The van der Waals surface area contributed by atoms with Crippen molar-refractivity contribution in [2.45, 2.75) is 22.6 Å². The van der Waals surface area contributed by atoms with Crippen molar-refractivity contribution in [2.24, 2.45) is 0 Å². The van der Waals surface area contributed by atoms with Gasteiger partial charge >= 0.3 is 0 Å². The lowest BCUT2D eigenvalue weighted by Gasteiger charge is -2.34. The first-order chi connectivity index (χ1) is 14.9. The Bertz CT molecular complexity index is 1150. The minimum absolute atomic E-state index is 0.206. The third kappa shape index (κ3) is 5.39. The molecule has 6 nitrogen and oxygen atoms in total. The van der Waals surface area contributed by atoms with Crippen LogP contribution in [0.5, 0.6) is 0 Å². The van der Waals surface area contributed by atoms with E-state index in [-0.39, 0.29) is 10.8 Å². The topological polar surface area (TPSA) is 70.6 Å². The number of para-hydroxylation sites is 1. The van der Waals surface area contributed by atoms with Gasteiger partial charge in [0.25, 0.3) is 0 Å². The SMILES string of the molecule is CS(=O)(=O)c1cccc2sc(N3CCN(C(=O)CCCSc4ccccc4)CC3)nc12. The van der Waals surface area contributed by atoms with Gasteiger partial charge in [0.05, 0.1) is 9.60 Å². The highest BCUT2D eigenvalue weighted by Gasteiger charge is 2.24. The first-order valence-electron chi connectivity index (χ1n) is 10.2. The minimum atomic E-state index is -3.32. The van der Waals surface area contributed by atoms with Crippen LogP contribution in [0.2, 0.25) is 0 Å². The number of aromatic nitrogens is 1. The number of carbonyl (C=O) groups is 1. The summed E-state index contributed by atoms with van der Waals surface area (Å²) in [6.45, 7) is 2.75. The monoisotopic (exact) mass is 475 g/mol. The van der Waals surface area contributed by atoms with Gasteiger partial charge in [-0.05, 0) is 36.4 Å². The predicted molar refractivity (Wildman–Crippen MR) is 128 cm³/mol. The fraction of sp³-hybridized carbons (Fsp3) is 0.364. The number of fused-ring (bicyclic) bond motifs is 1. The summed E-state index contributed by atoms with van der Waals surface area (Å²) >= 11 is 3.29. The molecule has 1 aliphatic heterocycles. The van der Waals surface area contributed by atoms with Crippen LogP contribution in [-0.4, -0.2) is 62.4 Å². The summed E-state index contributed by atoms with van der Waals surface area (Å²) in [5.41, 5.74) is 0.541. The van der Waals surface area contributed by atoms with E-state index in [1.54, 1.807) is 23.9 Å². The van der Waals surface area contributed by atoms with E-state index < -0.39 is 9.84 Å². The molecule has 0 atom stereocenters. The van der Waals surface area contributed by atoms with E-state index >= 15 is 0 Å². The van der Waals surface area contributed by atoms with Crippen molar-refractivity contribution in [1.29, 1.82) is 0 Å². The normalized spacial score (nSPS) is 14.9. The van der Waals surface area contributed by atoms with Crippen molar-refractivity contribution < 1.29 is 13.2 Å². The average molecular weight is 476 g/mol. The maximum atomic E-state index is 12.6. The van der Waals surface area contributed by atoms with Crippen molar-refractivity contribution in [3.8, 4) is 0 Å². The molecule has 0 saturated carbocycles. The van der Waals surface area contributed by atoms with Crippen LogP contribution in [0.4, 0.5) is 5.13 Å². The van der Waals surface area contributed by atoms with Crippen molar-refractivity contribution in [3.05, 3.63) is 48.5 Å². The Morgan fingerprint density at radius 2 is 1.81 bits per heavy atom. The van der Waals surface area contributed by atoms with Crippen molar-refractivity contribution in [2.75, 3.05) is 43.1 Å². The zero-order chi connectivity index (χ0) is 21.8. The molecule has 1 aromatic heterocycles. The van der Waals surface area contributed by atoms with Crippen LogP contribution in [0.25, 0.3) is 10.2 Å². The van der Waals surface area contributed by atoms with Gasteiger partial charge in [-0.25, -0.2) is 13.4 Å². The molecular weight excluding hydrogens is 450 g/mol. The zero-order valence-electron chi connectivity index (χ0n) is 17.4. The Kier molecular flexibility index (Phi) is 6.83. The van der Waals surface area contributed by atoms with Crippen LogP contribution in [0.15, 0.2) is 58.3 Å². The highest BCUT2D eigenvalue weighted by atomic mass is 32.2. The number of carbonyl (C=O) groups excluding carboxylic acids is 1. The number of nitrogens with zero attached hydrogens (tertiary/aromatic N) is 3. The Morgan fingerprint density at radius 1 is 1.06 bits per heavy atom. The lowest BCUT2D eigenvalue weighted by molar-refractivity contribution is -0.131. The number of hydrogen-bond donors (Lipinski definition) is 0. The molecule has 0 radical (unpaired) electrons. The Morgan fingerprint density at radius 3 is 2.52 bits per heavy atom. The van der Waals surface area contributed by atoms with E-state index in [1.165, 1.54) is 22.5 Å². The number of rotatable bonds is 7. The molecular formula is C22H25N3O3S3. The summed E-state index contributed by atoms with van der Waals surface area (Å²) in [6.07, 6.45) is 2.65. The van der Waals surface area contributed by atoms with Gasteiger partial charge in [0.1, 0.15) is 5.52 Å². The van der Waals surface area contributed by atoms with Crippen molar-refractivity contribution in [3.63, 3.8) is 0 Å². The molecule has 9 heteroatoms. The summed E-state index contributed by atoms with van der Waals surface area (Å²) in [7, 11) is -3.32. The van der Waals surface area contributed by atoms with E-state index in [2.05, 4.69) is 22.0 Å².